The van der Waals surface area contributed by atoms with Crippen LogP contribution in [0.1, 0.15) is 0 Å². The number of nitrogens with one attached hydrogen (secondary N) is 1. The highest BCUT2D eigenvalue weighted by Crippen LogP contribution is 2.21. The molecule has 0 radical (unpaired) electrons. The number of hydrogen-bond acceptors (Lipinski definition) is 3. The van der Waals surface area contributed by atoms with Crippen molar-refractivity contribution in [3.05, 3.63) is 36.4 Å². The molecule has 0 atom stereocenters. The molecule has 0 bridgehead atoms. The number of nitrogens with zero attached hydrogens (tertiary/aromatic N) is 2. The molecule has 84 valence electrons. The summed E-state index contributed by atoms with van der Waals surface area (Å²) in [6.07, 6.45) is 3.40. The van der Waals surface area contributed by atoms with Gasteiger partial charge in [0.05, 0.1) is 12.8 Å². The Balaban J connectivity index is 2.45. The predicted molar refractivity (Wildman–Crippen MR) is 59.6 cm³/mol. The second kappa shape index (κ2) is 4.22. The number of rotatable bonds is 3. The Kier molecular flexibility index (Phi) is 2.76. The molecule has 0 fully saturated rings. The van der Waals surface area contributed by atoms with Crippen molar-refractivity contribution >= 4 is 5.95 Å². The van der Waals surface area contributed by atoms with E-state index in [2.05, 4.69) is 10.3 Å². The molecule has 1 N–H and O–H groups in total. The Bertz CT molecular complexity index is 496. The van der Waals surface area contributed by atoms with Crippen molar-refractivity contribution in [3.63, 3.8) is 0 Å². The van der Waals surface area contributed by atoms with Crippen molar-refractivity contribution in [2.75, 3.05) is 19.5 Å². The minimum absolute atomic E-state index is 0.231. The number of methoxy groups -OCH3 is 1. The summed E-state index contributed by atoms with van der Waals surface area (Å²) in [6, 6.07) is 4.76. The molecule has 16 heavy (non-hydrogen) atoms. The topological polar surface area (TPSA) is 39.1 Å². The molecule has 1 aromatic heterocycles. The quantitative estimate of drug-likeness (QED) is 0.862. The van der Waals surface area contributed by atoms with Crippen molar-refractivity contribution in [2.45, 2.75) is 0 Å². The van der Waals surface area contributed by atoms with Crippen LogP contribution in [0.25, 0.3) is 5.69 Å². The minimum Gasteiger partial charge on any atom is -0.494 e. The maximum absolute atomic E-state index is 13.5. The Morgan fingerprint density at radius 1 is 1.44 bits per heavy atom. The molecule has 0 spiro atoms. The van der Waals surface area contributed by atoms with Gasteiger partial charge in [0.2, 0.25) is 5.95 Å². The van der Waals surface area contributed by atoms with Crippen LogP contribution in [0.2, 0.25) is 0 Å². The van der Waals surface area contributed by atoms with E-state index in [1.165, 1.54) is 13.2 Å². The Morgan fingerprint density at radius 2 is 2.25 bits per heavy atom. The van der Waals surface area contributed by atoms with Crippen LogP contribution >= 0.6 is 0 Å². The highest BCUT2D eigenvalue weighted by molar-refractivity contribution is 5.44. The van der Waals surface area contributed by atoms with E-state index in [9.17, 15) is 4.39 Å². The van der Waals surface area contributed by atoms with Crippen LogP contribution in [0, 0.1) is 5.82 Å². The first-order valence-electron chi connectivity index (χ1n) is 4.81. The maximum atomic E-state index is 13.5. The summed E-state index contributed by atoms with van der Waals surface area (Å²) in [5, 5.41) is 2.92. The highest BCUT2D eigenvalue weighted by atomic mass is 19.1. The van der Waals surface area contributed by atoms with Crippen molar-refractivity contribution in [2.24, 2.45) is 0 Å². The van der Waals surface area contributed by atoms with Gasteiger partial charge in [-0.25, -0.2) is 9.37 Å². The largest absolute Gasteiger partial charge is 0.494 e. The van der Waals surface area contributed by atoms with E-state index in [-0.39, 0.29) is 5.75 Å². The third kappa shape index (κ3) is 1.71. The van der Waals surface area contributed by atoms with Crippen LogP contribution in [0.3, 0.4) is 0 Å². The lowest BCUT2D eigenvalue weighted by Gasteiger charge is -2.08. The van der Waals surface area contributed by atoms with Gasteiger partial charge in [0.15, 0.2) is 11.6 Å². The first-order chi connectivity index (χ1) is 7.76. The van der Waals surface area contributed by atoms with E-state index in [1.807, 2.05) is 0 Å². The van der Waals surface area contributed by atoms with E-state index >= 15 is 0 Å². The lowest BCUT2D eigenvalue weighted by Crippen LogP contribution is -2.01. The molecule has 0 unspecified atom stereocenters. The van der Waals surface area contributed by atoms with Gasteiger partial charge in [0.25, 0.3) is 0 Å². The summed E-state index contributed by atoms with van der Waals surface area (Å²) in [7, 11) is 3.20. The fourth-order valence-electron chi connectivity index (χ4n) is 1.50. The van der Waals surface area contributed by atoms with Crippen LogP contribution in [0.5, 0.6) is 5.75 Å². The molecule has 0 aliphatic carbocycles. The van der Waals surface area contributed by atoms with Gasteiger partial charge in [0, 0.05) is 25.5 Å². The molecule has 0 saturated carbocycles. The second-order valence-corrected chi connectivity index (χ2v) is 3.19. The normalized spacial score (nSPS) is 10.2. The van der Waals surface area contributed by atoms with E-state index in [0.29, 0.717) is 11.6 Å². The Morgan fingerprint density at radius 3 is 2.88 bits per heavy atom. The molecule has 1 heterocycles. The van der Waals surface area contributed by atoms with Crippen molar-refractivity contribution in [1.82, 2.24) is 9.55 Å². The minimum atomic E-state index is -0.393. The van der Waals surface area contributed by atoms with Crippen LogP contribution < -0.4 is 10.1 Å². The van der Waals surface area contributed by atoms with Gasteiger partial charge in [-0.3, -0.25) is 4.57 Å². The zero-order chi connectivity index (χ0) is 11.5. The van der Waals surface area contributed by atoms with Gasteiger partial charge in [0.1, 0.15) is 0 Å². The Labute approximate surface area is 92.7 Å². The molecule has 0 aliphatic rings. The number of ether oxygens (including phenoxy) is 1. The van der Waals surface area contributed by atoms with Gasteiger partial charge >= 0.3 is 0 Å². The number of hydrogen-bond donors (Lipinski definition) is 1. The van der Waals surface area contributed by atoms with Crippen molar-refractivity contribution in [1.29, 1.82) is 0 Å². The lowest BCUT2D eigenvalue weighted by atomic mass is 10.3. The van der Waals surface area contributed by atoms with Crippen molar-refractivity contribution in [3.8, 4) is 11.4 Å². The predicted octanol–water partition coefficient (Wildman–Crippen LogP) is 2.06. The second-order valence-electron chi connectivity index (χ2n) is 3.19. The van der Waals surface area contributed by atoms with E-state index in [1.54, 1.807) is 36.1 Å². The first-order valence-corrected chi connectivity index (χ1v) is 4.81. The van der Waals surface area contributed by atoms with Gasteiger partial charge < -0.3 is 10.1 Å². The van der Waals surface area contributed by atoms with Crippen molar-refractivity contribution < 1.29 is 9.13 Å². The number of anilines is 1. The third-order valence-electron chi connectivity index (χ3n) is 2.28. The SMILES string of the molecule is CNc1nccn1-c1ccc(OC)c(F)c1. The summed E-state index contributed by atoms with van der Waals surface area (Å²) in [4.78, 5) is 4.08. The molecule has 5 heteroatoms. The van der Waals surface area contributed by atoms with E-state index in [4.69, 9.17) is 4.74 Å². The number of halogens is 1. The lowest BCUT2D eigenvalue weighted by molar-refractivity contribution is 0.386. The third-order valence-corrected chi connectivity index (χ3v) is 2.28. The zero-order valence-electron chi connectivity index (χ0n) is 9.07. The zero-order valence-corrected chi connectivity index (χ0v) is 9.07. The van der Waals surface area contributed by atoms with Gasteiger partial charge in [-0.1, -0.05) is 0 Å². The van der Waals surface area contributed by atoms with E-state index < -0.39 is 5.82 Å². The van der Waals surface area contributed by atoms with Crippen LogP contribution in [0.15, 0.2) is 30.6 Å². The molecule has 4 nitrogen and oxygen atoms in total. The summed E-state index contributed by atoms with van der Waals surface area (Å²) in [6.45, 7) is 0. The van der Waals surface area contributed by atoms with Gasteiger partial charge in [-0.2, -0.15) is 0 Å². The summed E-state index contributed by atoms with van der Waals surface area (Å²) in [5.74, 6) is 0.496. The molecule has 1 aromatic carbocycles. The summed E-state index contributed by atoms with van der Waals surface area (Å²) < 4.78 is 20.1. The smallest absolute Gasteiger partial charge is 0.207 e. The average Bonchev–Trinajstić information content (AvgIpc) is 2.77. The van der Waals surface area contributed by atoms with Gasteiger partial charge in [-0.05, 0) is 12.1 Å². The number of imidazole rings is 1. The molecular weight excluding hydrogens is 209 g/mol. The van der Waals surface area contributed by atoms with Crippen LogP contribution in [-0.2, 0) is 0 Å². The fraction of sp³-hybridized carbons (Fsp3) is 0.182. The van der Waals surface area contributed by atoms with Crippen LogP contribution in [-0.4, -0.2) is 23.7 Å². The standard InChI is InChI=1S/C11H12FN3O/c1-13-11-14-5-6-15(11)8-3-4-10(16-2)9(12)7-8/h3-7H,1-2H3,(H,13,14). The van der Waals surface area contributed by atoms with Crippen LogP contribution in [0.4, 0.5) is 10.3 Å². The number of benzene rings is 1. The molecule has 0 aliphatic heterocycles. The molecule has 2 rings (SSSR count). The molecule has 2 aromatic rings. The first kappa shape index (κ1) is 10.5. The average molecular weight is 221 g/mol. The van der Waals surface area contributed by atoms with Gasteiger partial charge in [-0.15, -0.1) is 0 Å². The monoisotopic (exact) mass is 221 g/mol. The fourth-order valence-corrected chi connectivity index (χ4v) is 1.50. The van der Waals surface area contributed by atoms with E-state index in [0.717, 1.165) is 0 Å². The molecular formula is C11H12FN3O. The molecule has 0 amide bonds. The maximum Gasteiger partial charge on any atom is 0.207 e. The Hall–Kier alpha value is -2.04. The molecule has 0 saturated heterocycles. The number of aromatic nitrogens is 2. The highest BCUT2D eigenvalue weighted by Gasteiger charge is 2.07. The summed E-state index contributed by atoms with van der Waals surface area (Å²) >= 11 is 0. The summed E-state index contributed by atoms with van der Waals surface area (Å²) in [5.41, 5.74) is 0.695.